The second kappa shape index (κ2) is 9.74. The van der Waals surface area contributed by atoms with Crippen molar-refractivity contribution in [3.63, 3.8) is 0 Å². The van der Waals surface area contributed by atoms with Crippen LogP contribution in [0.1, 0.15) is 37.7 Å². The van der Waals surface area contributed by atoms with Crippen LogP contribution in [-0.2, 0) is 9.59 Å². The first-order valence-electron chi connectivity index (χ1n) is 8.41. The van der Waals surface area contributed by atoms with Gasteiger partial charge < -0.3 is 9.47 Å². The molecule has 2 N–H and O–H groups in total. The second-order valence-electron chi connectivity index (χ2n) is 5.90. The standard InChI is InChI=1S/C18H22F2N2O4/c1-25-14-9-5-8-12(16(14)26-18(19)20)10-11-15(23)21-22-17(24)13-6-3-2-4-7-13/h5,8-11,13,18H,2-4,6-7H2,1H3,(H,21,23)(H,22,24)/b11-10+. The highest BCUT2D eigenvalue weighted by Gasteiger charge is 2.21. The number of alkyl halides is 2. The summed E-state index contributed by atoms with van der Waals surface area (Å²) >= 11 is 0. The van der Waals surface area contributed by atoms with Crippen molar-refractivity contribution in [1.82, 2.24) is 10.9 Å². The summed E-state index contributed by atoms with van der Waals surface area (Å²) in [5.74, 6) is -0.925. The summed E-state index contributed by atoms with van der Waals surface area (Å²) in [6.07, 6.45) is 7.20. The molecular formula is C18H22F2N2O4. The number of para-hydroxylation sites is 1. The largest absolute Gasteiger partial charge is 0.493 e. The van der Waals surface area contributed by atoms with Crippen molar-refractivity contribution in [2.45, 2.75) is 38.7 Å². The molecule has 1 aliphatic carbocycles. The fourth-order valence-corrected chi connectivity index (χ4v) is 2.84. The van der Waals surface area contributed by atoms with E-state index in [4.69, 9.17) is 4.74 Å². The predicted octanol–water partition coefficient (Wildman–Crippen LogP) is 3.04. The number of hydrazine groups is 1. The summed E-state index contributed by atoms with van der Waals surface area (Å²) in [5, 5.41) is 0. The van der Waals surface area contributed by atoms with Crippen molar-refractivity contribution in [3.05, 3.63) is 29.8 Å². The fourth-order valence-electron chi connectivity index (χ4n) is 2.84. The number of nitrogens with one attached hydrogen (secondary N) is 2. The van der Waals surface area contributed by atoms with Crippen LogP contribution in [0.3, 0.4) is 0 Å². The Morgan fingerprint density at radius 3 is 2.58 bits per heavy atom. The van der Waals surface area contributed by atoms with Crippen molar-refractivity contribution in [3.8, 4) is 11.5 Å². The van der Waals surface area contributed by atoms with Crippen LogP contribution < -0.4 is 20.3 Å². The molecule has 0 bridgehead atoms. The summed E-state index contributed by atoms with van der Waals surface area (Å²) in [6, 6.07) is 4.56. The molecule has 0 radical (unpaired) electrons. The molecule has 0 unspecified atom stereocenters. The van der Waals surface area contributed by atoms with E-state index in [1.807, 2.05) is 0 Å². The number of carbonyl (C=O) groups excluding carboxylic acids is 2. The molecule has 1 aromatic carbocycles. The summed E-state index contributed by atoms with van der Waals surface area (Å²) in [6.45, 7) is -3.03. The van der Waals surface area contributed by atoms with Gasteiger partial charge >= 0.3 is 6.61 Å². The molecule has 1 aliphatic rings. The lowest BCUT2D eigenvalue weighted by Gasteiger charge is -2.20. The molecule has 0 atom stereocenters. The molecule has 1 aromatic rings. The Bertz CT molecular complexity index is 659. The van der Waals surface area contributed by atoms with Gasteiger partial charge in [-0.15, -0.1) is 0 Å². The van der Waals surface area contributed by atoms with E-state index in [0.29, 0.717) is 0 Å². The van der Waals surface area contributed by atoms with E-state index in [1.165, 1.54) is 25.3 Å². The van der Waals surface area contributed by atoms with E-state index in [-0.39, 0.29) is 28.9 Å². The molecule has 0 aromatic heterocycles. The molecule has 0 aliphatic heterocycles. The summed E-state index contributed by atoms with van der Waals surface area (Å²) in [5.41, 5.74) is 4.93. The number of rotatable bonds is 6. The molecule has 0 heterocycles. The summed E-state index contributed by atoms with van der Waals surface area (Å²) in [7, 11) is 1.33. The van der Waals surface area contributed by atoms with Crippen LogP contribution in [0, 0.1) is 5.92 Å². The summed E-state index contributed by atoms with van der Waals surface area (Å²) < 4.78 is 34.6. The lowest BCUT2D eigenvalue weighted by Crippen LogP contribution is -2.44. The number of carbonyl (C=O) groups is 2. The molecular weight excluding hydrogens is 346 g/mol. The first kappa shape index (κ1) is 19.7. The number of ether oxygens (including phenoxy) is 2. The lowest BCUT2D eigenvalue weighted by atomic mass is 9.89. The molecule has 1 saturated carbocycles. The Balaban J connectivity index is 1.95. The van der Waals surface area contributed by atoms with E-state index in [9.17, 15) is 18.4 Å². The van der Waals surface area contributed by atoms with Crippen LogP contribution in [-0.4, -0.2) is 25.5 Å². The second-order valence-corrected chi connectivity index (χ2v) is 5.90. The minimum Gasteiger partial charge on any atom is -0.493 e. The van der Waals surface area contributed by atoms with E-state index >= 15 is 0 Å². The van der Waals surface area contributed by atoms with E-state index in [0.717, 1.165) is 38.2 Å². The Morgan fingerprint density at radius 1 is 1.19 bits per heavy atom. The van der Waals surface area contributed by atoms with Gasteiger partial charge in [-0.3, -0.25) is 20.4 Å². The molecule has 1 fully saturated rings. The topological polar surface area (TPSA) is 76.7 Å². The molecule has 142 valence electrons. The Morgan fingerprint density at radius 2 is 1.92 bits per heavy atom. The van der Waals surface area contributed by atoms with Crippen LogP contribution in [0.25, 0.3) is 6.08 Å². The van der Waals surface area contributed by atoms with Crippen LogP contribution in [0.15, 0.2) is 24.3 Å². The number of amides is 2. The van der Waals surface area contributed by atoms with Crippen molar-refractivity contribution in [1.29, 1.82) is 0 Å². The minimum absolute atomic E-state index is 0.0857. The zero-order valence-electron chi connectivity index (χ0n) is 14.5. The molecule has 6 nitrogen and oxygen atoms in total. The van der Waals surface area contributed by atoms with Gasteiger partial charge in [0.05, 0.1) is 7.11 Å². The minimum atomic E-state index is -3.03. The predicted molar refractivity (Wildman–Crippen MR) is 91.5 cm³/mol. The average Bonchev–Trinajstić information content (AvgIpc) is 2.65. The quantitative estimate of drug-likeness (QED) is 0.598. The van der Waals surface area contributed by atoms with Gasteiger partial charge in [0, 0.05) is 17.6 Å². The molecule has 2 rings (SSSR count). The Hall–Kier alpha value is -2.64. The smallest absolute Gasteiger partial charge is 0.387 e. The third-order valence-corrected chi connectivity index (χ3v) is 4.14. The monoisotopic (exact) mass is 368 g/mol. The normalized spacial score (nSPS) is 15.1. The molecule has 0 spiro atoms. The van der Waals surface area contributed by atoms with E-state index in [1.54, 1.807) is 6.07 Å². The maximum atomic E-state index is 12.6. The fraction of sp³-hybridized carbons (Fsp3) is 0.444. The number of hydrogen-bond donors (Lipinski definition) is 2. The highest BCUT2D eigenvalue weighted by molar-refractivity contribution is 5.93. The van der Waals surface area contributed by atoms with Gasteiger partial charge in [-0.25, -0.2) is 0 Å². The van der Waals surface area contributed by atoms with E-state index in [2.05, 4.69) is 15.6 Å². The molecule has 2 amide bonds. The number of halogens is 2. The highest BCUT2D eigenvalue weighted by Crippen LogP contribution is 2.33. The zero-order chi connectivity index (χ0) is 18.9. The van der Waals surface area contributed by atoms with Gasteiger partial charge in [0.25, 0.3) is 5.91 Å². The Labute approximate surface area is 150 Å². The first-order chi connectivity index (χ1) is 12.5. The Kier molecular flexibility index (Phi) is 7.37. The molecule has 8 heteroatoms. The van der Waals surface area contributed by atoms with Gasteiger partial charge in [0.2, 0.25) is 5.91 Å². The molecule has 26 heavy (non-hydrogen) atoms. The van der Waals surface area contributed by atoms with Gasteiger partial charge in [-0.1, -0.05) is 31.4 Å². The van der Waals surface area contributed by atoms with Gasteiger partial charge in [-0.2, -0.15) is 8.78 Å². The van der Waals surface area contributed by atoms with Gasteiger partial charge in [-0.05, 0) is 25.0 Å². The van der Waals surface area contributed by atoms with Crippen LogP contribution in [0.2, 0.25) is 0 Å². The number of hydrogen-bond acceptors (Lipinski definition) is 4. The number of benzene rings is 1. The molecule has 0 saturated heterocycles. The van der Waals surface area contributed by atoms with Crippen molar-refractivity contribution < 1.29 is 27.8 Å². The first-order valence-corrected chi connectivity index (χ1v) is 8.41. The lowest BCUT2D eigenvalue weighted by molar-refractivity contribution is -0.130. The average molecular weight is 368 g/mol. The number of methoxy groups -OCH3 is 1. The zero-order valence-corrected chi connectivity index (χ0v) is 14.5. The maximum absolute atomic E-state index is 12.6. The highest BCUT2D eigenvalue weighted by atomic mass is 19.3. The third kappa shape index (κ3) is 5.72. The maximum Gasteiger partial charge on any atom is 0.387 e. The van der Waals surface area contributed by atoms with Crippen molar-refractivity contribution in [2.75, 3.05) is 7.11 Å². The van der Waals surface area contributed by atoms with Gasteiger partial charge in [0.1, 0.15) is 0 Å². The van der Waals surface area contributed by atoms with Gasteiger partial charge in [0.15, 0.2) is 11.5 Å². The van der Waals surface area contributed by atoms with Crippen LogP contribution in [0.4, 0.5) is 8.78 Å². The SMILES string of the molecule is COc1cccc(/C=C/C(=O)NNC(=O)C2CCCCC2)c1OC(F)F. The van der Waals surface area contributed by atoms with Crippen LogP contribution >= 0.6 is 0 Å². The summed E-state index contributed by atoms with van der Waals surface area (Å²) in [4.78, 5) is 23.8. The van der Waals surface area contributed by atoms with Crippen molar-refractivity contribution in [2.24, 2.45) is 5.92 Å². The van der Waals surface area contributed by atoms with Crippen molar-refractivity contribution >= 4 is 17.9 Å². The van der Waals surface area contributed by atoms with E-state index < -0.39 is 12.5 Å². The van der Waals surface area contributed by atoms with Crippen LogP contribution in [0.5, 0.6) is 11.5 Å². The third-order valence-electron chi connectivity index (χ3n) is 4.14.